The maximum absolute atomic E-state index is 12.2. The number of aromatic nitrogens is 4. The Hall–Kier alpha value is -2.38. The van der Waals surface area contributed by atoms with E-state index in [1.165, 1.54) is 0 Å². The van der Waals surface area contributed by atoms with Gasteiger partial charge in [-0.2, -0.15) is 4.98 Å². The van der Waals surface area contributed by atoms with Gasteiger partial charge < -0.3 is 9.30 Å². The highest BCUT2D eigenvalue weighted by molar-refractivity contribution is 6.35. The average molecular weight is 346 g/mol. The molecule has 8 heteroatoms. The number of halogens is 1. The van der Waals surface area contributed by atoms with Crippen molar-refractivity contribution in [3.63, 3.8) is 0 Å². The summed E-state index contributed by atoms with van der Waals surface area (Å²) in [6.45, 7) is 0.893. The summed E-state index contributed by atoms with van der Waals surface area (Å²) in [5, 5.41) is 11.1. The summed E-state index contributed by atoms with van der Waals surface area (Å²) in [6.07, 6.45) is 3.71. The number of amides is 1. The van der Waals surface area contributed by atoms with Gasteiger partial charge in [-0.25, -0.2) is 0 Å². The van der Waals surface area contributed by atoms with E-state index in [-0.39, 0.29) is 24.5 Å². The van der Waals surface area contributed by atoms with Crippen molar-refractivity contribution < 1.29 is 9.53 Å². The lowest BCUT2D eigenvalue weighted by molar-refractivity contribution is -0.116. The molecule has 0 spiro atoms. The maximum Gasteiger partial charge on any atom is 0.248 e. The first-order valence-corrected chi connectivity index (χ1v) is 8.15. The van der Waals surface area contributed by atoms with E-state index in [0.717, 1.165) is 30.4 Å². The summed E-state index contributed by atoms with van der Waals surface area (Å²) < 4.78 is 7.38. The molecule has 7 nitrogen and oxygen atoms in total. The Morgan fingerprint density at radius 3 is 3.21 bits per heavy atom. The number of anilines is 1. The van der Waals surface area contributed by atoms with Crippen molar-refractivity contribution in [1.29, 1.82) is 0 Å². The Kier molecular flexibility index (Phi) is 3.95. The van der Waals surface area contributed by atoms with Crippen LogP contribution in [0.1, 0.15) is 24.8 Å². The van der Waals surface area contributed by atoms with Gasteiger partial charge in [-0.05, 0) is 31.0 Å². The predicted molar refractivity (Wildman–Crippen MR) is 89.9 cm³/mol. The fourth-order valence-corrected chi connectivity index (χ4v) is 3.14. The van der Waals surface area contributed by atoms with Gasteiger partial charge in [-0.15, -0.1) is 5.10 Å². The zero-order chi connectivity index (χ0) is 16.5. The first-order chi connectivity index (χ1) is 11.7. The lowest BCUT2D eigenvalue weighted by Gasteiger charge is -2.05. The van der Waals surface area contributed by atoms with E-state index in [2.05, 4.69) is 20.5 Å². The average Bonchev–Trinajstić information content (AvgIpc) is 3.28. The Labute approximate surface area is 143 Å². The fourth-order valence-electron chi connectivity index (χ4n) is 2.91. The Bertz CT molecular complexity index is 882. The molecular formula is C16H16ClN5O2. The Morgan fingerprint density at radius 2 is 2.38 bits per heavy atom. The van der Waals surface area contributed by atoms with E-state index in [4.69, 9.17) is 16.3 Å². The second-order valence-electron chi connectivity index (χ2n) is 5.71. The lowest BCUT2D eigenvalue weighted by atomic mass is 10.2. The first kappa shape index (κ1) is 15.2. The van der Waals surface area contributed by atoms with Crippen LogP contribution in [0.2, 0.25) is 5.02 Å². The molecule has 1 aromatic carbocycles. The Balaban J connectivity index is 1.45. The van der Waals surface area contributed by atoms with Crippen molar-refractivity contribution in [1.82, 2.24) is 19.7 Å². The highest BCUT2D eigenvalue weighted by Gasteiger charge is 2.21. The monoisotopic (exact) mass is 345 g/mol. The third-order valence-electron chi connectivity index (χ3n) is 4.06. The molecule has 3 aromatic rings. The van der Waals surface area contributed by atoms with Crippen LogP contribution in [0.5, 0.6) is 0 Å². The summed E-state index contributed by atoms with van der Waals surface area (Å²) in [6, 6.07) is 7.51. The summed E-state index contributed by atoms with van der Waals surface area (Å²) in [4.78, 5) is 16.5. The number of hydrogen-bond acceptors (Lipinski definition) is 4. The molecule has 0 radical (unpaired) electrons. The SMILES string of the molecule is O=C(Cn1ccc2c(Cl)cccc21)Nc1n[nH]c([C@@H]2CCCO2)n1. The summed E-state index contributed by atoms with van der Waals surface area (Å²) in [5.74, 6) is 0.714. The second-order valence-corrected chi connectivity index (χ2v) is 6.12. The van der Waals surface area contributed by atoms with E-state index in [0.29, 0.717) is 10.8 Å². The minimum Gasteiger partial charge on any atom is -0.370 e. The molecule has 3 heterocycles. The summed E-state index contributed by atoms with van der Waals surface area (Å²) in [5.41, 5.74) is 0.910. The quantitative estimate of drug-likeness (QED) is 0.761. The normalized spacial score (nSPS) is 17.5. The molecule has 124 valence electrons. The number of fused-ring (bicyclic) bond motifs is 1. The van der Waals surface area contributed by atoms with Crippen LogP contribution in [0.3, 0.4) is 0 Å². The van der Waals surface area contributed by atoms with Gasteiger partial charge in [0.1, 0.15) is 12.6 Å². The van der Waals surface area contributed by atoms with Crippen molar-refractivity contribution in [2.45, 2.75) is 25.5 Å². The van der Waals surface area contributed by atoms with Crippen LogP contribution < -0.4 is 5.32 Å². The van der Waals surface area contributed by atoms with Crippen LogP contribution in [0.25, 0.3) is 10.9 Å². The smallest absolute Gasteiger partial charge is 0.248 e. The number of carbonyl (C=O) groups is 1. The molecule has 2 aromatic heterocycles. The zero-order valence-electron chi connectivity index (χ0n) is 12.8. The largest absolute Gasteiger partial charge is 0.370 e. The van der Waals surface area contributed by atoms with E-state index in [1.54, 1.807) is 0 Å². The van der Waals surface area contributed by atoms with Gasteiger partial charge in [0, 0.05) is 28.7 Å². The molecule has 0 bridgehead atoms. The molecule has 1 aliphatic heterocycles. The van der Waals surface area contributed by atoms with Crippen molar-refractivity contribution >= 4 is 34.4 Å². The molecule has 24 heavy (non-hydrogen) atoms. The highest BCUT2D eigenvalue weighted by atomic mass is 35.5. The molecule has 0 unspecified atom stereocenters. The fraction of sp³-hybridized carbons (Fsp3) is 0.312. The zero-order valence-corrected chi connectivity index (χ0v) is 13.6. The number of benzene rings is 1. The predicted octanol–water partition coefficient (Wildman–Crippen LogP) is 2.90. The molecule has 1 saturated heterocycles. The van der Waals surface area contributed by atoms with Crippen LogP contribution in [-0.4, -0.2) is 32.3 Å². The van der Waals surface area contributed by atoms with Crippen molar-refractivity contribution in [3.05, 3.63) is 41.3 Å². The van der Waals surface area contributed by atoms with Gasteiger partial charge in [0.05, 0.1) is 0 Å². The number of ether oxygens (including phenoxy) is 1. The third kappa shape index (κ3) is 2.88. The lowest BCUT2D eigenvalue weighted by Crippen LogP contribution is -2.19. The Morgan fingerprint density at radius 1 is 1.46 bits per heavy atom. The molecule has 1 aliphatic rings. The number of nitrogens with zero attached hydrogens (tertiary/aromatic N) is 3. The number of carbonyl (C=O) groups excluding carboxylic acids is 1. The van der Waals surface area contributed by atoms with Gasteiger partial charge in [-0.3, -0.25) is 15.2 Å². The van der Waals surface area contributed by atoms with Crippen LogP contribution in [0.4, 0.5) is 5.95 Å². The molecule has 1 fully saturated rings. The molecular weight excluding hydrogens is 330 g/mol. The van der Waals surface area contributed by atoms with E-state index in [1.807, 2.05) is 35.0 Å². The van der Waals surface area contributed by atoms with Crippen LogP contribution in [0, 0.1) is 0 Å². The van der Waals surface area contributed by atoms with E-state index >= 15 is 0 Å². The van der Waals surface area contributed by atoms with Crippen LogP contribution in [-0.2, 0) is 16.1 Å². The van der Waals surface area contributed by atoms with Gasteiger partial charge in [0.25, 0.3) is 0 Å². The van der Waals surface area contributed by atoms with Crippen LogP contribution >= 0.6 is 11.6 Å². The van der Waals surface area contributed by atoms with Gasteiger partial charge in [-0.1, -0.05) is 17.7 Å². The number of rotatable bonds is 4. The minimum absolute atomic E-state index is 0.0568. The topological polar surface area (TPSA) is 84.8 Å². The van der Waals surface area contributed by atoms with Crippen LogP contribution in [0.15, 0.2) is 30.5 Å². The molecule has 4 rings (SSSR count). The number of aromatic amines is 1. The van der Waals surface area contributed by atoms with Gasteiger partial charge in [0.2, 0.25) is 11.9 Å². The van der Waals surface area contributed by atoms with Crippen molar-refractivity contribution in [2.24, 2.45) is 0 Å². The highest BCUT2D eigenvalue weighted by Crippen LogP contribution is 2.26. The molecule has 0 aliphatic carbocycles. The number of nitrogens with one attached hydrogen (secondary N) is 2. The van der Waals surface area contributed by atoms with Crippen molar-refractivity contribution in [2.75, 3.05) is 11.9 Å². The summed E-state index contributed by atoms with van der Waals surface area (Å²) >= 11 is 6.15. The number of hydrogen-bond donors (Lipinski definition) is 2. The molecule has 1 amide bonds. The van der Waals surface area contributed by atoms with E-state index in [9.17, 15) is 4.79 Å². The molecule has 2 N–H and O–H groups in total. The summed E-state index contributed by atoms with van der Waals surface area (Å²) in [7, 11) is 0. The molecule has 0 saturated carbocycles. The standard InChI is InChI=1S/C16H16ClN5O2/c17-11-3-1-4-12-10(11)6-7-22(12)9-14(23)18-16-19-15(20-21-16)13-5-2-8-24-13/h1,3-4,6-7,13H,2,5,8-9H2,(H2,18,19,20,21,23)/t13-/m0/s1. The third-order valence-corrected chi connectivity index (χ3v) is 4.39. The van der Waals surface area contributed by atoms with Gasteiger partial charge >= 0.3 is 0 Å². The maximum atomic E-state index is 12.2. The van der Waals surface area contributed by atoms with Gasteiger partial charge in [0.15, 0.2) is 5.82 Å². The van der Waals surface area contributed by atoms with Crippen molar-refractivity contribution in [3.8, 4) is 0 Å². The second kappa shape index (κ2) is 6.26. The minimum atomic E-state index is -0.203. The first-order valence-electron chi connectivity index (χ1n) is 7.78. The van der Waals surface area contributed by atoms with E-state index < -0.39 is 0 Å². The molecule has 1 atom stereocenters. The number of H-pyrrole nitrogens is 1.